The van der Waals surface area contributed by atoms with Crippen LogP contribution in [-0.2, 0) is 10.1 Å². The normalized spacial score (nSPS) is 11.2. The molecule has 9 heteroatoms. The Morgan fingerprint density at radius 3 is 2.43 bits per heavy atom. The molecule has 2 N–H and O–H groups in total. The number of aliphatic hydroxyl groups is 1. The van der Waals surface area contributed by atoms with Gasteiger partial charge < -0.3 is 14.5 Å². The van der Waals surface area contributed by atoms with Crippen molar-refractivity contribution in [3.8, 4) is 0 Å². The van der Waals surface area contributed by atoms with E-state index in [9.17, 15) is 13.2 Å². The van der Waals surface area contributed by atoms with Crippen molar-refractivity contribution in [3.63, 3.8) is 0 Å². The zero-order valence-corrected chi connectivity index (χ0v) is 13.9. The minimum absolute atomic E-state index is 0.000104. The first kappa shape index (κ1) is 19.1. The Labute approximate surface area is 134 Å². The molecule has 2 aromatic rings. The van der Waals surface area contributed by atoms with Crippen molar-refractivity contribution in [2.24, 2.45) is 0 Å². The zero-order valence-electron chi connectivity index (χ0n) is 13.1. The molecular weight excluding hydrogens is 324 g/mol. The van der Waals surface area contributed by atoms with Crippen LogP contribution in [0.1, 0.15) is 24.3 Å². The molecule has 0 aliphatic rings. The van der Waals surface area contributed by atoms with Crippen LogP contribution in [0.4, 0.5) is 0 Å². The van der Waals surface area contributed by atoms with Crippen LogP contribution >= 0.6 is 0 Å². The first-order chi connectivity index (χ1) is 10.6. The fourth-order valence-corrected chi connectivity index (χ4v) is 1.88. The van der Waals surface area contributed by atoms with Crippen molar-refractivity contribution < 1.29 is 27.4 Å². The van der Waals surface area contributed by atoms with Crippen LogP contribution in [0.5, 0.6) is 0 Å². The van der Waals surface area contributed by atoms with Gasteiger partial charge in [-0.25, -0.2) is 0 Å². The SMILES string of the molecule is CC(C)N(CCO)C(=O)c1noc2ccccc12.CS(=O)(=O)O. The van der Waals surface area contributed by atoms with E-state index in [1.165, 1.54) is 0 Å². The molecule has 0 bridgehead atoms. The van der Waals surface area contributed by atoms with Crippen LogP contribution in [0.25, 0.3) is 11.0 Å². The van der Waals surface area contributed by atoms with Gasteiger partial charge in [0.1, 0.15) is 0 Å². The summed E-state index contributed by atoms with van der Waals surface area (Å²) in [5, 5.41) is 13.5. The van der Waals surface area contributed by atoms with Gasteiger partial charge in [-0.3, -0.25) is 9.35 Å². The topological polar surface area (TPSA) is 121 Å². The summed E-state index contributed by atoms with van der Waals surface area (Å²) in [7, 11) is -3.67. The Bertz CT molecular complexity index is 745. The van der Waals surface area contributed by atoms with E-state index in [0.29, 0.717) is 22.9 Å². The monoisotopic (exact) mass is 344 g/mol. The summed E-state index contributed by atoms with van der Waals surface area (Å²) in [5.74, 6) is -0.219. The molecule has 1 aromatic carbocycles. The maximum atomic E-state index is 12.3. The number of aliphatic hydroxyl groups excluding tert-OH is 1. The van der Waals surface area contributed by atoms with E-state index in [1.54, 1.807) is 17.0 Å². The Morgan fingerprint density at radius 2 is 1.91 bits per heavy atom. The lowest BCUT2D eigenvalue weighted by Gasteiger charge is -2.24. The summed E-state index contributed by atoms with van der Waals surface area (Å²) >= 11 is 0. The highest BCUT2D eigenvalue weighted by molar-refractivity contribution is 7.85. The average Bonchev–Trinajstić information content (AvgIpc) is 2.86. The second-order valence-corrected chi connectivity index (χ2v) is 6.54. The lowest BCUT2D eigenvalue weighted by atomic mass is 10.2. The van der Waals surface area contributed by atoms with Gasteiger partial charge in [-0.1, -0.05) is 17.3 Å². The highest BCUT2D eigenvalue weighted by Crippen LogP contribution is 2.19. The van der Waals surface area contributed by atoms with Gasteiger partial charge in [0, 0.05) is 12.6 Å². The van der Waals surface area contributed by atoms with Gasteiger partial charge in [0.25, 0.3) is 16.0 Å². The van der Waals surface area contributed by atoms with Crippen molar-refractivity contribution >= 4 is 27.0 Å². The van der Waals surface area contributed by atoms with Crippen molar-refractivity contribution in [3.05, 3.63) is 30.0 Å². The molecule has 8 nitrogen and oxygen atoms in total. The molecule has 0 radical (unpaired) electrons. The first-order valence-electron chi connectivity index (χ1n) is 6.83. The van der Waals surface area contributed by atoms with Gasteiger partial charge in [-0.15, -0.1) is 0 Å². The summed E-state index contributed by atoms with van der Waals surface area (Å²) in [6.45, 7) is 4.02. The van der Waals surface area contributed by atoms with Crippen LogP contribution < -0.4 is 0 Å². The lowest BCUT2D eigenvalue weighted by molar-refractivity contribution is 0.0657. The van der Waals surface area contributed by atoms with E-state index in [-0.39, 0.29) is 25.1 Å². The van der Waals surface area contributed by atoms with Crippen molar-refractivity contribution in [2.45, 2.75) is 19.9 Å². The molecular formula is C14H20N2O6S. The van der Waals surface area contributed by atoms with Gasteiger partial charge >= 0.3 is 0 Å². The van der Waals surface area contributed by atoms with Crippen LogP contribution in [-0.4, -0.2) is 59.5 Å². The first-order valence-corrected chi connectivity index (χ1v) is 8.68. The predicted molar refractivity (Wildman–Crippen MR) is 84.7 cm³/mol. The predicted octanol–water partition coefficient (Wildman–Crippen LogP) is 1.17. The van der Waals surface area contributed by atoms with E-state index in [1.807, 2.05) is 26.0 Å². The Kier molecular flexibility index (Phi) is 6.67. The van der Waals surface area contributed by atoms with E-state index in [0.717, 1.165) is 0 Å². The molecule has 128 valence electrons. The molecule has 0 fully saturated rings. The number of carbonyl (C=O) groups is 1. The van der Waals surface area contributed by atoms with Crippen LogP contribution in [0, 0.1) is 0 Å². The van der Waals surface area contributed by atoms with Gasteiger partial charge in [-0.05, 0) is 26.0 Å². The van der Waals surface area contributed by atoms with Crippen LogP contribution in [0.2, 0.25) is 0 Å². The number of rotatable bonds is 4. The molecule has 2 rings (SSSR count). The second kappa shape index (κ2) is 8.04. The average molecular weight is 344 g/mol. The Hall–Kier alpha value is -1.97. The number of para-hydroxylation sites is 1. The molecule has 0 saturated heterocycles. The number of nitrogens with zero attached hydrogens (tertiary/aromatic N) is 2. The molecule has 1 aromatic heterocycles. The molecule has 0 aliphatic carbocycles. The molecule has 0 spiro atoms. The maximum Gasteiger partial charge on any atom is 0.277 e. The van der Waals surface area contributed by atoms with Gasteiger partial charge in [0.2, 0.25) is 0 Å². The number of aromatic nitrogens is 1. The van der Waals surface area contributed by atoms with E-state index < -0.39 is 10.1 Å². The fourth-order valence-electron chi connectivity index (χ4n) is 1.88. The van der Waals surface area contributed by atoms with Crippen molar-refractivity contribution in [2.75, 3.05) is 19.4 Å². The van der Waals surface area contributed by atoms with E-state index >= 15 is 0 Å². The summed E-state index contributed by atoms with van der Waals surface area (Å²) in [4.78, 5) is 13.9. The smallest absolute Gasteiger partial charge is 0.277 e. The van der Waals surface area contributed by atoms with Crippen molar-refractivity contribution in [1.29, 1.82) is 0 Å². The summed E-state index contributed by atoms with van der Waals surface area (Å²) in [6, 6.07) is 7.24. The van der Waals surface area contributed by atoms with Gasteiger partial charge in [-0.2, -0.15) is 8.42 Å². The summed E-state index contributed by atoms with van der Waals surface area (Å²) in [5.41, 5.74) is 0.890. The molecule has 0 unspecified atom stereocenters. The minimum atomic E-state index is -3.67. The third-order valence-electron chi connectivity index (χ3n) is 2.81. The number of hydrogen-bond acceptors (Lipinski definition) is 6. The molecule has 1 amide bonds. The molecule has 1 heterocycles. The molecule has 23 heavy (non-hydrogen) atoms. The summed E-state index contributed by atoms with van der Waals surface area (Å²) in [6.07, 6.45) is 0.715. The number of hydrogen-bond donors (Lipinski definition) is 2. The summed E-state index contributed by atoms with van der Waals surface area (Å²) < 4.78 is 31.0. The molecule has 0 atom stereocenters. The number of amides is 1. The second-order valence-electron chi connectivity index (χ2n) is 5.08. The number of carbonyl (C=O) groups excluding carboxylic acids is 1. The highest BCUT2D eigenvalue weighted by atomic mass is 32.2. The molecule has 0 saturated carbocycles. The van der Waals surface area contributed by atoms with E-state index in [4.69, 9.17) is 14.2 Å². The van der Waals surface area contributed by atoms with Crippen molar-refractivity contribution in [1.82, 2.24) is 10.1 Å². The minimum Gasteiger partial charge on any atom is -0.395 e. The standard InChI is InChI=1S/C13H16N2O3.CH4O3S/c1-9(2)15(7-8-16)13(17)12-10-5-3-4-6-11(10)18-14-12;1-5(2,3)4/h3-6,9,16H,7-8H2,1-2H3;1H3,(H,2,3,4). The van der Waals surface area contributed by atoms with Gasteiger partial charge in [0.05, 0.1) is 18.2 Å². The maximum absolute atomic E-state index is 12.3. The van der Waals surface area contributed by atoms with E-state index in [2.05, 4.69) is 5.16 Å². The third-order valence-corrected chi connectivity index (χ3v) is 2.81. The lowest BCUT2D eigenvalue weighted by Crippen LogP contribution is -2.39. The highest BCUT2D eigenvalue weighted by Gasteiger charge is 2.23. The largest absolute Gasteiger partial charge is 0.395 e. The fraction of sp³-hybridized carbons (Fsp3) is 0.429. The Morgan fingerprint density at radius 1 is 1.35 bits per heavy atom. The number of fused-ring (bicyclic) bond motifs is 1. The Balaban J connectivity index is 0.000000463. The van der Waals surface area contributed by atoms with Crippen LogP contribution in [0.3, 0.4) is 0 Å². The zero-order chi connectivity index (χ0) is 17.6. The third kappa shape index (κ3) is 5.97. The molecule has 0 aliphatic heterocycles. The number of benzene rings is 1. The van der Waals surface area contributed by atoms with Crippen LogP contribution in [0.15, 0.2) is 28.8 Å². The quantitative estimate of drug-likeness (QED) is 0.799. The van der Waals surface area contributed by atoms with Gasteiger partial charge in [0.15, 0.2) is 11.3 Å².